The van der Waals surface area contributed by atoms with Gasteiger partial charge in [0.1, 0.15) is 5.76 Å². The molecule has 1 aromatic heterocycles. The zero-order valence-corrected chi connectivity index (χ0v) is 12.6. The highest BCUT2D eigenvalue weighted by Gasteiger charge is 2.38. The van der Waals surface area contributed by atoms with E-state index in [2.05, 4.69) is 4.90 Å². The number of hydrogen-bond acceptors (Lipinski definition) is 4. The average Bonchev–Trinajstić information content (AvgIpc) is 2.96. The van der Waals surface area contributed by atoms with Gasteiger partial charge in [-0.25, -0.2) is 0 Å². The number of amides is 1. The minimum Gasteiger partial charge on any atom is -0.468 e. The maximum Gasteiger partial charge on any atom is 0.223 e. The van der Waals surface area contributed by atoms with E-state index >= 15 is 0 Å². The Labute approximate surface area is 126 Å². The Kier molecular flexibility index (Phi) is 4.31. The van der Waals surface area contributed by atoms with E-state index in [-0.39, 0.29) is 11.3 Å². The molecular formula is C16H25N3O2. The Bertz CT molecular complexity index is 454. The summed E-state index contributed by atoms with van der Waals surface area (Å²) in [5, 5.41) is 0. The molecule has 1 saturated heterocycles. The normalized spacial score (nSPS) is 22.0. The summed E-state index contributed by atoms with van der Waals surface area (Å²) in [6.45, 7) is 4.96. The highest BCUT2D eigenvalue weighted by atomic mass is 16.3. The van der Waals surface area contributed by atoms with E-state index in [0.717, 1.165) is 51.3 Å². The van der Waals surface area contributed by atoms with Gasteiger partial charge in [-0.2, -0.15) is 0 Å². The molecule has 2 aliphatic rings. The third-order valence-corrected chi connectivity index (χ3v) is 5.06. The first-order valence-electron chi connectivity index (χ1n) is 7.93. The zero-order valence-electron chi connectivity index (χ0n) is 12.6. The van der Waals surface area contributed by atoms with Crippen molar-refractivity contribution in [3.63, 3.8) is 0 Å². The summed E-state index contributed by atoms with van der Waals surface area (Å²) >= 11 is 0. The maximum atomic E-state index is 12.4. The number of nitrogens with zero attached hydrogens (tertiary/aromatic N) is 2. The fourth-order valence-corrected chi connectivity index (χ4v) is 3.34. The van der Waals surface area contributed by atoms with Gasteiger partial charge in [0, 0.05) is 32.6 Å². The number of piperazine rings is 1. The molecular weight excluding hydrogens is 266 g/mol. The summed E-state index contributed by atoms with van der Waals surface area (Å²) in [4.78, 5) is 16.8. The number of hydrogen-bond donors (Lipinski definition) is 1. The van der Waals surface area contributed by atoms with Gasteiger partial charge in [-0.15, -0.1) is 0 Å². The number of carbonyl (C=O) groups excluding carboxylic acids is 1. The van der Waals surface area contributed by atoms with Crippen molar-refractivity contribution in [1.29, 1.82) is 0 Å². The third-order valence-electron chi connectivity index (χ3n) is 5.06. The quantitative estimate of drug-likeness (QED) is 0.892. The Morgan fingerprint density at radius 2 is 2.05 bits per heavy atom. The van der Waals surface area contributed by atoms with Crippen molar-refractivity contribution >= 4 is 5.91 Å². The van der Waals surface area contributed by atoms with Crippen LogP contribution in [-0.4, -0.2) is 48.4 Å². The van der Waals surface area contributed by atoms with Crippen LogP contribution in [0, 0.1) is 5.41 Å². The predicted molar refractivity (Wildman–Crippen MR) is 80.5 cm³/mol. The second-order valence-corrected chi connectivity index (χ2v) is 6.47. The molecule has 1 amide bonds. The first kappa shape index (κ1) is 14.6. The van der Waals surface area contributed by atoms with Crippen LogP contribution in [-0.2, 0) is 11.3 Å². The largest absolute Gasteiger partial charge is 0.468 e. The molecule has 116 valence electrons. The zero-order chi connectivity index (χ0) is 14.7. The van der Waals surface area contributed by atoms with E-state index in [1.807, 2.05) is 17.0 Å². The Morgan fingerprint density at radius 3 is 2.57 bits per heavy atom. The predicted octanol–water partition coefficient (Wildman–Crippen LogP) is 1.44. The van der Waals surface area contributed by atoms with Crippen molar-refractivity contribution in [2.24, 2.45) is 11.1 Å². The molecule has 5 heteroatoms. The van der Waals surface area contributed by atoms with E-state index < -0.39 is 0 Å². The van der Waals surface area contributed by atoms with Crippen LogP contribution in [0.5, 0.6) is 0 Å². The van der Waals surface area contributed by atoms with Gasteiger partial charge in [-0.1, -0.05) is 6.42 Å². The molecule has 1 aliphatic carbocycles. The van der Waals surface area contributed by atoms with Crippen molar-refractivity contribution in [2.75, 3.05) is 32.7 Å². The van der Waals surface area contributed by atoms with Gasteiger partial charge in [-0.3, -0.25) is 9.69 Å². The lowest BCUT2D eigenvalue weighted by atomic mass is 9.66. The smallest absolute Gasteiger partial charge is 0.223 e. The van der Waals surface area contributed by atoms with Gasteiger partial charge in [-0.05, 0) is 36.9 Å². The fourth-order valence-electron chi connectivity index (χ4n) is 3.34. The summed E-state index contributed by atoms with van der Waals surface area (Å²) < 4.78 is 5.38. The van der Waals surface area contributed by atoms with Crippen LogP contribution >= 0.6 is 0 Å². The van der Waals surface area contributed by atoms with Crippen LogP contribution in [0.2, 0.25) is 0 Å². The van der Waals surface area contributed by atoms with Gasteiger partial charge in [0.25, 0.3) is 0 Å². The van der Waals surface area contributed by atoms with Gasteiger partial charge in [0.05, 0.1) is 12.8 Å². The lowest BCUT2D eigenvalue weighted by molar-refractivity contribution is -0.137. The summed E-state index contributed by atoms with van der Waals surface area (Å²) in [5.74, 6) is 1.28. The van der Waals surface area contributed by atoms with Gasteiger partial charge in [0.2, 0.25) is 5.91 Å². The molecule has 0 unspecified atom stereocenters. The molecule has 0 aromatic carbocycles. The lowest BCUT2D eigenvalue weighted by Crippen LogP contribution is -2.50. The van der Waals surface area contributed by atoms with E-state index in [0.29, 0.717) is 13.0 Å². The molecule has 1 aromatic rings. The van der Waals surface area contributed by atoms with Crippen molar-refractivity contribution < 1.29 is 9.21 Å². The van der Waals surface area contributed by atoms with Crippen molar-refractivity contribution in [2.45, 2.75) is 32.2 Å². The highest BCUT2D eigenvalue weighted by molar-refractivity contribution is 5.77. The highest BCUT2D eigenvalue weighted by Crippen LogP contribution is 2.43. The Morgan fingerprint density at radius 1 is 1.29 bits per heavy atom. The van der Waals surface area contributed by atoms with Crippen LogP contribution in [0.4, 0.5) is 0 Å². The van der Waals surface area contributed by atoms with Gasteiger partial charge in [0.15, 0.2) is 0 Å². The SMILES string of the molecule is NCC1(CC(=O)N2CCN(Cc3ccco3)CC2)CCC1. The molecule has 2 heterocycles. The molecule has 21 heavy (non-hydrogen) atoms. The minimum atomic E-state index is 0.113. The Hall–Kier alpha value is -1.33. The van der Waals surface area contributed by atoms with Crippen LogP contribution in [0.15, 0.2) is 22.8 Å². The minimum absolute atomic E-state index is 0.113. The molecule has 0 atom stereocenters. The molecule has 0 radical (unpaired) electrons. The number of furan rings is 1. The summed E-state index contributed by atoms with van der Waals surface area (Å²) in [7, 11) is 0. The van der Waals surface area contributed by atoms with Crippen molar-refractivity contribution in [3.05, 3.63) is 24.2 Å². The fraction of sp³-hybridized carbons (Fsp3) is 0.688. The van der Waals surface area contributed by atoms with Gasteiger partial charge < -0.3 is 15.1 Å². The standard InChI is InChI=1S/C16H25N3O2/c17-13-16(4-2-5-16)11-15(20)19-8-6-18(7-9-19)12-14-3-1-10-21-14/h1,3,10H,2,4-9,11-13,17H2. The molecule has 5 nitrogen and oxygen atoms in total. The van der Waals surface area contributed by atoms with E-state index in [9.17, 15) is 4.79 Å². The first-order chi connectivity index (χ1) is 10.2. The Balaban J connectivity index is 1.45. The van der Waals surface area contributed by atoms with Crippen LogP contribution in [0.3, 0.4) is 0 Å². The topological polar surface area (TPSA) is 62.7 Å². The molecule has 0 bridgehead atoms. The number of nitrogens with two attached hydrogens (primary N) is 1. The molecule has 2 fully saturated rings. The summed E-state index contributed by atoms with van der Waals surface area (Å²) in [5.41, 5.74) is 5.97. The van der Waals surface area contributed by atoms with Crippen LogP contribution < -0.4 is 5.73 Å². The number of rotatable bonds is 5. The monoisotopic (exact) mass is 291 g/mol. The maximum absolute atomic E-state index is 12.4. The average molecular weight is 291 g/mol. The van der Waals surface area contributed by atoms with Crippen molar-refractivity contribution in [3.8, 4) is 0 Å². The van der Waals surface area contributed by atoms with Gasteiger partial charge >= 0.3 is 0 Å². The summed E-state index contributed by atoms with van der Waals surface area (Å²) in [6.07, 6.45) is 5.81. The van der Waals surface area contributed by atoms with E-state index in [4.69, 9.17) is 10.2 Å². The molecule has 3 rings (SSSR count). The first-order valence-corrected chi connectivity index (χ1v) is 7.93. The van der Waals surface area contributed by atoms with E-state index in [1.165, 1.54) is 6.42 Å². The lowest BCUT2D eigenvalue weighted by Gasteiger charge is -2.42. The molecule has 0 spiro atoms. The van der Waals surface area contributed by atoms with Crippen LogP contribution in [0.1, 0.15) is 31.4 Å². The number of carbonyl (C=O) groups is 1. The molecule has 2 N–H and O–H groups in total. The second kappa shape index (κ2) is 6.20. The van der Waals surface area contributed by atoms with Crippen molar-refractivity contribution in [1.82, 2.24) is 9.80 Å². The molecule has 1 saturated carbocycles. The van der Waals surface area contributed by atoms with Crippen LogP contribution in [0.25, 0.3) is 0 Å². The third kappa shape index (κ3) is 3.30. The second-order valence-electron chi connectivity index (χ2n) is 6.47. The molecule has 1 aliphatic heterocycles. The van der Waals surface area contributed by atoms with E-state index in [1.54, 1.807) is 6.26 Å². The summed E-state index contributed by atoms with van der Waals surface area (Å²) in [6, 6.07) is 3.92.